The molecule has 0 aliphatic carbocycles. The highest BCUT2D eigenvalue weighted by Gasteiger charge is 2.35. The van der Waals surface area contributed by atoms with Crippen LogP contribution in [0.1, 0.15) is 58.1 Å². The predicted octanol–water partition coefficient (Wildman–Crippen LogP) is 7.91. The molecule has 5 aromatic rings. The Bertz CT molecular complexity index is 2040. The quantitative estimate of drug-likeness (QED) is 0.174. The van der Waals surface area contributed by atoms with Crippen LogP contribution in [0, 0.1) is 18.3 Å². The van der Waals surface area contributed by atoms with E-state index in [1.54, 1.807) is 87.5 Å². The van der Waals surface area contributed by atoms with Crippen molar-refractivity contribution < 1.29 is 37.0 Å². The van der Waals surface area contributed by atoms with Gasteiger partial charge in [0.2, 0.25) is 5.76 Å². The molecule has 2 heterocycles. The smallest absolute Gasteiger partial charge is 0.449 e. The summed E-state index contributed by atoms with van der Waals surface area (Å²) in [6.07, 6.45) is -4.71. The molecule has 3 aromatic carbocycles. The summed E-state index contributed by atoms with van der Waals surface area (Å²) < 4.78 is 50.8. The maximum atomic E-state index is 14.4. The number of benzene rings is 3. The standard InChI is InChI=1S/C36H30F3N3O5/c1-21-32(46-4)31(28-10-5-6-11-29(28)41-21)33(43)42(20-27-14-15-30(47-27)36(37,38)39)19-24-13-12-23(16-25(24)18-40)22-8-7-9-26(17-22)35(2,3)34(44)45/h5-17H,19-20H2,1-4H3,(H,44,45). The van der Waals surface area contributed by atoms with Crippen LogP contribution in [0.3, 0.4) is 0 Å². The lowest BCUT2D eigenvalue weighted by atomic mass is 9.83. The molecule has 2 aromatic heterocycles. The lowest BCUT2D eigenvalue weighted by Crippen LogP contribution is -2.31. The van der Waals surface area contributed by atoms with Crippen molar-refractivity contribution in [3.05, 3.63) is 118 Å². The van der Waals surface area contributed by atoms with Gasteiger partial charge >= 0.3 is 12.1 Å². The Morgan fingerprint density at radius 3 is 2.36 bits per heavy atom. The Hall–Kier alpha value is -5.63. The summed E-state index contributed by atoms with van der Waals surface area (Å²) in [7, 11) is 1.40. The number of hydrogen-bond acceptors (Lipinski definition) is 6. The van der Waals surface area contributed by atoms with Gasteiger partial charge in [-0.05, 0) is 67.3 Å². The van der Waals surface area contributed by atoms with Crippen molar-refractivity contribution >= 4 is 22.8 Å². The van der Waals surface area contributed by atoms with Crippen molar-refractivity contribution in [1.82, 2.24) is 9.88 Å². The summed E-state index contributed by atoms with van der Waals surface area (Å²) in [6, 6.07) is 23.1. The fraction of sp³-hybridized carbons (Fsp3) is 0.222. The van der Waals surface area contributed by atoms with Gasteiger partial charge in [0.25, 0.3) is 5.91 Å². The van der Waals surface area contributed by atoms with Crippen molar-refractivity contribution in [2.24, 2.45) is 0 Å². The Balaban J connectivity index is 1.58. The van der Waals surface area contributed by atoms with Crippen LogP contribution in [-0.2, 0) is 29.5 Å². The normalized spacial score (nSPS) is 11.7. The van der Waals surface area contributed by atoms with Crippen LogP contribution in [0.5, 0.6) is 5.75 Å². The third-order valence-corrected chi connectivity index (χ3v) is 8.05. The van der Waals surface area contributed by atoms with Crippen LogP contribution in [0.2, 0.25) is 0 Å². The molecule has 0 unspecified atom stereocenters. The zero-order chi connectivity index (χ0) is 34.1. The number of carbonyl (C=O) groups is 2. The molecule has 0 aliphatic rings. The zero-order valence-electron chi connectivity index (χ0n) is 26.0. The molecule has 0 saturated carbocycles. The number of hydrogen-bond donors (Lipinski definition) is 1. The monoisotopic (exact) mass is 641 g/mol. The number of ether oxygens (including phenoxy) is 1. The largest absolute Gasteiger partial charge is 0.494 e. The lowest BCUT2D eigenvalue weighted by Gasteiger charge is -2.25. The molecule has 8 nitrogen and oxygen atoms in total. The number of aromatic nitrogens is 1. The number of halogens is 3. The van der Waals surface area contributed by atoms with Crippen LogP contribution in [0.15, 0.2) is 83.3 Å². The Kier molecular flexibility index (Phi) is 8.81. The van der Waals surface area contributed by atoms with E-state index < -0.39 is 29.2 Å². The van der Waals surface area contributed by atoms with Crippen molar-refractivity contribution in [1.29, 1.82) is 5.26 Å². The fourth-order valence-corrected chi connectivity index (χ4v) is 5.35. The van der Waals surface area contributed by atoms with E-state index in [-0.39, 0.29) is 35.7 Å². The minimum Gasteiger partial charge on any atom is -0.494 e. The summed E-state index contributed by atoms with van der Waals surface area (Å²) in [5.74, 6) is -2.63. The van der Waals surface area contributed by atoms with Crippen LogP contribution in [-0.4, -0.2) is 34.0 Å². The number of aryl methyl sites for hydroxylation is 1. The predicted molar refractivity (Wildman–Crippen MR) is 168 cm³/mol. The van der Waals surface area contributed by atoms with Crippen molar-refractivity contribution in [2.45, 2.75) is 45.5 Å². The molecular weight excluding hydrogens is 611 g/mol. The van der Waals surface area contributed by atoms with E-state index in [0.717, 1.165) is 12.1 Å². The first kappa shape index (κ1) is 32.8. The first-order chi connectivity index (χ1) is 22.2. The number of methoxy groups -OCH3 is 1. The van der Waals surface area contributed by atoms with Gasteiger partial charge in [0.1, 0.15) is 5.76 Å². The van der Waals surface area contributed by atoms with Crippen molar-refractivity contribution in [3.63, 3.8) is 0 Å². The average molecular weight is 642 g/mol. The van der Waals surface area contributed by atoms with E-state index >= 15 is 0 Å². The van der Waals surface area contributed by atoms with E-state index in [0.29, 0.717) is 38.9 Å². The zero-order valence-corrected chi connectivity index (χ0v) is 26.0. The van der Waals surface area contributed by atoms with Crippen molar-refractivity contribution in [3.8, 4) is 22.9 Å². The van der Waals surface area contributed by atoms with Gasteiger partial charge in [-0.1, -0.05) is 54.6 Å². The lowest BCUT2D eigenvalue weighted by molar-refractivity contribution is -0.153. The van der Waals surface area contributed by atoms with E-state index in [9.17, 15) is 33.1 Å². The number of nitriles is 1. The first-order valence-corrected chi connectivity index (χ1v) is 14.5. The molecule has 0 atom stereocenters. The number of carbonyl (C=O) groups excluding carboxylic acids is 1. The molecule has 0 bridgehead atoms. The van der Waals surface area contributed by atoms with Crippen LogP contribution in [0.25, 0.3) is 22.0 Å². The molecule has 0 aliphatic heterocycles. The van der Waals surface area contributed by atoms with E-state index in [1.807, 2.05) is 0 Å². The Morgan fingerprint density at radius 1 is 0.979 bits per heavy atom. The third kappa shape index (κ3) is 6.53. The van der Waals surface area contributed by atoms with Crippen LogP contribution >= 0.6 is 0 Å². The number of alkyl halides is 3. The number of pyridine rings is 1. The van der Waals surface area contributed by atoms with Crippen LogP contribution in [0.4, 0.5) is 13.2 Å². The second-order valence-corrected chi connectivity index (χ2v) is 11.5. The number of aliphatic carboxylic acids is 1. The molecule has 0 radical (unpaired) electrons. The second-order valence-electron chi connectivity index (χ2n) is 11.5. The molecule has 5 rings (SSSR count). The molecule has 240 valence electrons. The molecular formula is C36H30F3N3O5. The van der Waals surface area contributed by atoms with Crippen molar-refractivity contribution in [2.75, 3.05) is 7.11 Å². The maximum absolute atomic E-state index is 14.4. The fourth-order valence-electron chi connectivity index (χ4n) is 5.35. The Labute approximate surface area is 268 Å². The molecule has 0 fully saturated rings. The van der Waals surface area contributed by atoms with Gasteiger partial charge in [-0.3, -0.25) is 9.59 Å². The summed E-state index contributed by atoms with van der Waals surface area (Å²) in [5.41, 5.74) is 2.56. The molecule has 1 N–H and O–H groups in total. The van der Waals surface area contributed by atoms with Gasteiger partial charge in [0.05, 0.1) is 47.5 Å². The maximum Gasteiger partial charge on any atom is 0.449 e. The number of fused-ring (bicyclic) bond motifs is 1. The van der Waals surface area contributed by atoms with Gasteiger partial charge in [-0.2, -0.15) is 18.4 Å². The summed E-state index contributed by atoms with van der Waals surface area (Å²) >= 11 is 0. The number of para-hydroxylation sites is 1. The molecule has 0 saturated heterocycles. The van der Waals surface area contributed by atoms with Gasteiger partial charge < -0.3 is 19.2 Å². The summed E-state index contributed by atoms with van der Waals surface area (Å²) in [6.45, 7) is 4.39. The van der Waals surface area contributed by atoms with Gasteiger partial charge in [0.15, 0.2) is 5.75 Å². The number of furan rings is 1. The minimum atomic E-state index is -4.71. The number of carboxylic acids is 1. The van der Waals surface area contributed by atoms with E-state index in [4.69, 9.17) is 9.15 Å². The van der Waals surface area contributed by atoms with Gasteiger partial charge in [0, 0.05) is 11.9 Å². The Morgan fingerprint density at radius 2 is 1.70 bits per heavy atom. The molecule has 0 spiro atoms. The van der Waals surface area contributed by atoms with Crippen LogP contribution < -0.4 is 4.74 Å². The van der Waals surface area contributed by atoms with Gasteiger partial charge in [-0.25, -0.2) is 4.98 Å². The second kappa shape index (κ2) is 12.6. The topological polar surface area (TPSA) is 117 Å². The third-order valence-electron chi connectivity index (χ3n) is 8.05. The van der Waals surface area contributed by atoms with E-state index in [1.165, 1.54) is 12.0 Å². The highest BCUT2D eigenvalue weighted by atomic mass is 19.4. The van der Waals surface area contributed by atoms with Gasteiger partial charge in [-0.15, -0.1) is 0 Å². The SMILES string of the molecule is COc1c(C)nc2ccccc2c1C(=O)N(Cc1ccc(C(F)(F)F)o1)Cc1ccc(-c2cccc(C(C)(C)C(=O)O)c2)cc1C#N. The highest BCUT2D eigenvalue weighted by Crippen LogP contribution is 2.35. The number of carboxylic acid groups (broad SMARTS) is 1. The van der Waals surface area contributed by atoms with E-state index in [2.05, 4.69) is 11.1 Å². The molecule has 47 heavy (non-hydrogen) atoms. The number of rotatable bonds is 9. The number of amides is 1. The number of nitrogens with zero attached hydrogens (tertiary/aromatic N) is 3. The average Bonchev–Trinajstić information content (AvgIpc) is 3.53. The molecule has 1 amide bonds. The summed E-state index contributed by atoms with van der Waals surface area (Å²) in [5, 5.41) is 20.3. The summed E-state index contributed by atoms with van der Waals surface area (Å²) in [4.78, 5) is 32.1. The first-order valence-electron chi connectivity index (χ1n) is 14.5. The highest BCUT2D eigenvalue weighted by molar-refractivity contribution is 6.08. The minimum absolute atomic E-state index is 0.104. The molecule has 11 heteroatoms.